The second-order valence-corrected chi connectivity index (χ2v) is 14.2. The van der Waals surface area contributed by atoms with Gasteiger partial charge in [-0.05, 0) is 30.2 Å². The van der Waals surface area contributed by atoms with Crippen molar-refractivity contribution in [3.05, 3.63) is 92.3 Å². The van der Waals surface area contributed by atoms with Crippen LogP contribution in [-0.4, -0.2) is 69.9 Å². The topological polar surface area (TPSA) is 231 Å². The van der Waals surface area contributed by atoms with Crippen LogP contribution in [0.1, 0.15) is 50.7 Å². The molecule has 0 saturated carbocycles. The van der Waals surface area contributed by atoms with Gasteiger partial charge in [-0.15, -0.1) is 0 Å². The smallest absolute Gasteiger partial charge is 0.271 e. The first-order valence-corrected chi connectivity index (χ1v) is 18.1. The third-order valence-electron chi connectivity index (χ3n) is 7.13. The Morgan fingerprint density at radius 2 is 1.20 bits per heavy atom. The van der Waals surface area contributed by atoms with Gasteiger partial charge in [0, 0.05) is 53.0 Å². The predicted molar refractivity (Wildman–Crippen MR) is 187 cm³/mol. The van der Waals surface area contributed by atoms with Crippen LogP contribution in [0.3, 0.4) is 0 Å². The second kappa shape index (κ2) is 14.4. The van der Waals surface area contributed by atoms with E-state index in [0.717, 1.165) is 23.0 Å². The molecule has 4 aromatic heterocycles. The van der Waals surface area contributed by atoms with Crippen molar-refractivity contribution in [1.29, 1.82) is 0 Å². The van der Waals surface area contributed by atoms with Crippen LogP contribution in [0.4, 0.5) is 34.6 Å². The molecular formula is C30H32N12O6S2. The molecule has 0 unspecified atom stereocenters. The Morgan fingerprint density at radius 3 is 1.62 bits per heavy atom. The van der Waals surface area contributed by atoms with Gasteiger partial charge in [-0.1, -0.05) is 51.6 Å². The first-order chi connectivity index (χ1) is 23.7. The number of nitro groups is 2. The Hall–Kier alpha value is -5.76. The molecule has 18 nitrogen and oxygen atoms in total. The summed E-state index contributed by atoms with van der Waals surface area (Å²) in [5.74, 6) is 0.915. The number of hydrogen-bond acceptors (Lipinski definition) is 15. The van der Waals surface area contributed by atoms with E-state index in [-0.39, 0.29) is 34.3 Å². The van der Waals surface area contributed by atoms with Gasteiger partial charge in [0.15, 0.2) is 16.5 Å². The quantitative estimate of drug-likeness (QED) is 0.0949. The molecule has 2 aromatic carbocycles. The maximum Gasteiger partial charge on any atom is 0.271 e. The van der Waals surface area contributed by atoms with Crippen LogP contribution in [0.25, 0.3) is 11.3 Å². The minimum atomic E-state index is -3.66. The number of anilines is 4. The fourth-order valence-corrected chi connectivity index (χ4v) is 5.50. The first kappa shape index (κ1) is 35.5. The number of hydrogen-bond donors (Lipinski definition) is 2. The van der Waals surface area contributed by atoms with Crippen LogP contribution in [-0.2, 0) is 9.84 Å². The monoisotopic (exact) mass is 720 g/mol. The van der Waals surface area contributed by atoms with Gasteiger partial charge in [0.05, 0.1) is 22.2 Å². The molecule has 20 heteroatoms. The van der Waals surface area contributed by atoms with Crippen LogP contribution in [0.15, 0.2) is 71.2 Å². The number of sulfone groups is 1. The number of non-ortho nitro benzene ring substituents is 2. The normalized spacial score (nSPS) is 11.5. The molecule has 0 aliphatic rings. The van der Waals surface area contributed by atoms with Gasteiger partial charge in [-0.2, -0.15) is 34.2 Å². The number of rotatable bonds is 10. The lowest BCUT2D eigenvalue weighted by molar-refractivity contribution is -0.385. The predicted octanol–water partition coefficient (Wildman–Crippen LogP) is 5.92. The van der Waals surface area contributed by atoms with Crippen LogP contribution in [0, 0.1) is 20.2 Å². The molecule has 0 radical (unpaired) electrons. The number of thioether (sulfide) groups is 1. The van der Waals surface area contributed by atoms with Gasteiger partial charge >= 0.3 is 0 Å². The highest BCUT2D eigenvalue weighted by atomic mass is 32.2. The van der Waals surface area contributed by atoms with Crippen LogP contribution in [0.2, 0.25) is 0 Å². The largest absolute Gasteiger partial charge is 0.324 e. The van der Waals surface area contributed by atoms with E-state index in [2.05, 4.69) is 54.6 Å². The van der Waals surface area contributed by atoms with Crippen molar-refractivity contribution in [2.24, 2.45) is 0 Å². The van der Waals surface area contributed by atoms with Crippen molar-refractivity contribution >= 4 is 67.5 Å². The van der Waals surface area contributed by atoms with Crippen molar-refractivity contribution in [3.8, 4) is 0 Å². The summed E-state index contributed by atoms with van der Waals surface area (Å²) in [6.45, 7) is 8.02. The zero-order chi connectivity index (χ0) is 36.3. The van der Waals surface area contributed by atoms with Gasteiger partial charge in [-0.3, -0.25) is 20.2 Å². The molecule has 0 aliphatic carbocycles. The van der Waals surface area contributed by atoms with E-state index in [1.165, 1.54) is 46.6 Å². The van der Waals surface area contributed by atoms with E-state index in [4.69, 9.17) is 0 Å². The average molecular weight is 721 g/mol. The van der Waals surface area contributed by atoms with Gasteiger partial charge in [0.2, 0.25) is 21.7 Å². The van der Waals surface area contributed by atoms with Crippen molar-refractivity contribution in [2.75, 3.05) is 23.1 Å². The number of fused-ring (bicyclic) bond motifs is 2. The molecule has 0 saturated heterocycles. The van der Waals surface area contributed by atoms with E-state index >= 15 is 0 Å². The van der Waals surface area contributed by atoms with Crippen molar-refractivity contribution < 1.29 is 18.3 Å². The third-order valence-corrected chi connectivity index (χ3v) is 8.53. The number of aromatic nitrogens is 8. The van der Waals surface area contributed by atoms with Gasteiger partial charge in [0.1, 0.15) is 0 Å². The van der Waals surface area contributed by atoms with E-state index in [0.29, 0.717) is 28.1 Å². The molecule has 6 aromatic rings. The van der Waals surface area contributed by atoms with Crippen molar-refractivity contribution in [3.63, 3.8) is 0 Å². The minimum absolute atomic E-state index is 0.0127. The Bertz CT molecular complexity index is 2340. The summed E-state index contributed by atoms with van der Waals surface area (Å²) < 4.78 is 26.9. The number of benzene rings is 2. The highest BCUT2D eigenvalue weighted by Gasteiger charge is 2.21. The zero-order valence-corrected chi connectivity index (χ0v) is 29.3. The van der Waals surface area contributed by atoms with Crippen LogP contribution >= 0.6 is 11.8 Å². The third kappa shape index (κ3) is 7.76. The fraction of sp³-hybridized carbons (Fsp3) is 0.267. The molecule has 0 spiro atoms. The molecule has 0 fully saturated rings. The number of nitro benzene ring substituents is 2. The second-order valence-electron chi connectivity index (χ2n) is 11.5. The SMILES string of the molecule is CC(C)c1cnn2c(Nc3cccc([N+](=O)[O-])c3)nc(S(C)(=O)=O)nc12.CSc1nc(Nc2cccc([N+](=O)[O-])c2)n2ncc(C(C)C)c2n1. The standard InChI is InChI=1S/C15H16N6O4S.C15H16N6O2S/c1-9(2)12-8-16-20-13(12)18-15(26(3,24)25)19-14(20)17-10-5-4-6-11(7-10)21(22)23;1-9(2)12-8-16-20-13(12)18-15(24-3)19-14(20)17-10-5-4-6-11(7-10)21(22)23/h4-9H,1-3H3,(H,17,18,19);4-9H,1-3H3,(H,17,18,19). The molecule has 0 aliphatic heterocycles. The molecule has 0 amide bonds. The Balaban J connectivity index is 0.000000195. The molecule has 260 valence electrons. The molecule has 4 heterocycles. The maximum atomic E-state index is 12.0. The summed E-state index contributed by atoms with van der Waals surface area (Å²) in [6.07, 6.45) is 6.28. The molecule has 6 rings (SSSR count). The number of nitrogens with one attached hydrogen (secondary N) is 2. The molecular weight excluding hydrogens is 689 g/mol. The number of nitrogens with zero attached hydrogens (tertiary/aromatic N) is 10. The van der Waals surface area contributed by atoms with E-state index in [9.17, 15) is 28.6 Å². The molecule has 50 heavy (non-hydrogen) atoms. The summed E-state index contributed by atoms with van der Waals surface area (Å²) in [5, 5.41) is 36.7. The van der Waals surface area contributed by atoms with Crippen LogP contribution < -0.4 is 10.6 Å². The summed E-state index contributed by atoms with van der Waals surface area (Å²) in [7, 11) is -3.66. The van der Waals surface area contributed by atoms with E-state index < -0.39 is 19.7 Å². The highest BCUT2D eigenvalue weighted by Crippen LogP contribution is 2.27. The fourth-order valence-electron chi connectivity index (χ4n) is 4.64. The van der Waals surface area contributed by atoms with Crippen LogP contribution in [0.5, 0.6) is 0 Å². The molecule has 0 atom stereocenters. The zero-order valence-electron chi connectivity index (χ0n) is 27.7. The lowest BCUT2D eigenvalue weighted by Crippen LogP contribution is -2.12. The highest BCUT2D eigenvalue weighted by molar-refractivity contribution is 7.98. The van der Waals surface area contributed by atoms with Crippen molar-refractivity contribution in [2.45, 2.75) is 49.8 Å². The van der Waals surface area contributed by atoms with E-state index in [1.54, 1.807) is 35.1 Å². The van der Waals surface area contributed by atoms with Gasteiger partial charge in [0.25, 0.3) is 16.5 Å². The lowest BCUT2D eigenvalue weighted by atomic mass is 10.1. The summed E-state index contributed by atoms with van der Waals surface area (Å²) in [4.78, 5) is 38.0. The Morgan fingerprint density at radius 1 is 0.740 bits per heavy atom. The van der Waals surface area contributed by atoms with Gasteiger partial charge in [-0.25, -0.2) is 13.4 Å². The maximum absolute atomic E-state index is 12.0. The lowest BCUT2D eigenvalue weighted by Gasteiger charge is -2.10. The minimum Gasteiger partial charge on any atom is -0.324 e. The summed E-state index contributed by atoms with van der Waals surface area (Å²) in [6, 6.07) is 12.1. The molecule has 0 bridgehead atoms. The Labute approximate surface area is 289 Å². The first-order valence-electron chi connectivity index (χ1n) is 14.9. The summed E-state index contributed by atoms with van der Waals surface area (Å²) >= 11 is 1.43. The van der Waals surface area contributed by atoms with E-state index in [1.807, 2.05) is 20.1 Å². The average Bonchev–Trinajstić information content (AvgIpc) is 3.70. The van der Waals surface area contributed by atoms with Crippen molar-refractivity contribution in [1.82, 2.24) is 39.2 Å². The Kier molecular flexibility index (Phi) is 10.2. The van der Waals surface area contributed by atoms with Gasteiger partial charge < -0.3 is 10.6 Å². The summed E-state index contributed by atoms with van der Waals surface area (Å²) in [5.41, 5.74) is 3.73. The molecule has 2 N–H and O–H groups in total.